The number of ether oxygens (including phenoxy) is 2. The number of Topliss-reactive ketones (excluding diaryl/α,β-unsaturated/α-hetero) is 1. The van der Waals surface area contributed by atoms with Gasteiger partial charge >= 0.3 is 17.9 Å². The zero-order valence-electron chi connectivity index (χ0n) is 18.0. The van der Waals surface area contributed by atoms with E-state index in [2.05, 4.69) is 6.92 Å². The highest BCUT2D eigenvalue weighted by Crippen LogP contribution is 2.65. The highest BCUT2D eigenvalue weighted by molar-refractivity contribution is 5.90. The Labute approximate surface area is 180 Å². The van der Waals surface area contributed by atoms with E-state index in [1.165, 1.54) is 32.1 Å². The zero-order chi connectivity index (χ0) is 21.9. The second-order valence-electron chi connectivity index (χ2n) is 11.7. The summed E-state index contributed by atoms with van der Waals surface area (Å²) in [5.74, 6) is -4.55. The van der Waals surface area contributed by atoms with Crippen molar-refractivity contribution in [3.8, 4) is 0 Å². The summed E-state index contributed by atoms with van der Waals surface area (Å²) in [5.41, 5.74) is -0.0448. The van der Waals surface area contributed by atoms with Crippen LogP contribution in [0.5, 0.6) is 0 Å². The standard InChI is InChI=1S/C24H30F2O5/c1-23(12-4-10-3-11(6-12)7-13(23)5-10)9-16(27)17-14-8-15-18(17)21(28)30-19(15)20(14)31-22(29)24(2,25)26/h10-15,17-20H,3-9H2,1-2H3. The van der Waals surface area contributed by atoms with Gasteiger partial charge in [0.25, 0.3) is 0 Å². The molecular weight excluding hydrogens is 406 g/mol. The van der Waals surface area contributed by atoms with E-state index in [1.807, 2.05) is 0 Å². The smallest absolute Gasteiger partial charge is 0.377 e. The summed E-state index contributed by atoms with van der Waals surface area (Å²) in [7, 11) is 0. The molecule has 31 heavy (non-hydrogen) atoms. The third-order valence-electron chi connectivity index (χ3n) is 10.1. The Morgan fingerprint density at radius 2 is 1.68 bits per heavy atom. The minimum absolute atomic E-state index is 0.0448. The molecule has 5 nitrogen and oxygen atoms in total. The number of fused-ring (bicyclic) bond motifs is 1. The lowest BCUT2D eigenvalue weighted by Crippen LogP contribution is -2.53. The Hall–Kier alpha value is -1.53. The summed E-state index contributed by atoms with van der Waals surface area (Å²) in [4.78, 5) is 38.2. The van der Waals surface area contributed by atoms with E-state index in [-0.39, 0.29) is 17.1 Å². The topological polar surface area (TPSA) is 69.7 Å². The van der Waals surface area contributed by atoms with Crippen LogP contribution >= 0.6 is 0 Å². The number of carbonyl (C=O) groups excluding carboxylic acids is 3. The average molecular weight is 436 g/mol. The van der Waals surface area contributed by atoms with Crippen molar-refractivity contribution in [2.45, 2.75) is 76.9 Å². The average Bonchev–Trinajstić information content (AvgIpc) is 3.28. The first-order valence-electron chi connectivity index (χ1n) is 11.9. The van der Waals surface area contributed by atoms with Crippen LogP contribution in [0.2, 0.25) is 0 Å². The van der Waals surface area contributed by atoms with Crippen LogP contribution in [0.3, 0.4) is 0 Å². The van der Waals surface area contributed by atoms with Gasteiger partial charge in [0.05, 0.1) is 5.92 Å². The summed E-state index contributed by atoms with van der Waals surface area (Å²) >= 11 is 0. The van der Waals surface area contributed by atoms with Gasteiger partial charge in [-0.2, -0.15) is 8.78 Å². The van der Waals surface area contributed by atoms with E-state index in [4.69, 9.17) is 9.47 Å². The molecule has 0 aromatic carbocycles. The monoisotopic (exact) mass is 436 g/mol. The van der Waals surface area contributed by atoms with Crippen LogP contribution in [0, 0.1) is 52.8 Å². The fraction of sp³-hybridized carbons (Fsp3) is 0.875. The molecule has 7 fully saturated rings. The second kappa shape index (κ2) is 6.28. The van der Waals surface area contributed by atoms with Crippen molar-refractivity contribution in [3.63, 3.8) is 0 Å². The van der Waals surface area contributed by atoms with Crippen molar-refractivity contribution in [2.75, 3.05) is 0 Å². The molecule has 6 aliphatic carbocycles. The van der Waals surface area contributed by atoms with E-state index in [9.17, 15) is 23.2 Å². The molecular formula is C24H30F2O5. The van der Waals surface area contributed by atoms with Crippen LogP contribution in [0.4, 0.5) is 8.78 Å². The number of esters is 2. The SMILES string of the molecule is CC(F)(F)C(=O)OC1C2CC3C1OC(=O)C3C2C(=O)CC1(C)C2CC3CC(C2)CC1C3. The third-order valence-corrected chi connectivity index (χ3v) is 10.1. The van der Waals surface area contributed by atoms with Gasteiger partial charge in [0.15, 0.2) is 0 Å². The molecule has 7 heteroatoms. The van der Waals surface area contributed by atoms with Crippen LogP contribution in [0.15, 0.2) is 0 Å². The molecule has 0 spiro atoms. The predicted octanol–water partition coefficient (Wildman–Crippen LogP) is 3.78. The van der Waals surface area contributed by atoms with Gasteiger partial charge in [-0.25, -0.2) is 4.79 Å². The Morgan fingerprint density at radius 3 is 2.26 bits per heavy atom. The fourth-order valence-electron chi connectivity index (χ4n) is 8.86. The molecule has 170 valence electrons. The third kappa shape index (κ3) is 2.73. The maximum atomic E-state index is 13.7. The summed E-state index contributed by atoms with van der Waals surface area (Å²) in [5, 5.41) is 0. The normalized spacial score (nSPS) is 51.3. The van der Waals surface area contributed by atoms with Crippen LogP contribution in [0.1, 0.15) is 58.8 Å². The van der Waals surface area contributed by atoms with Crippen molar-refractivity contribution in [3.05, 3.63) is 0 Å². The minimum atomic E-state index is -3.61. The van der Waals surface area contributed by atoms with Crippen molar-refractivity contribution in [1.82, 2.24) is 0 Å². The van der Waals surface area contributed by atoms with Gasteiger partial charge in [0.2, 0.25) is 0 Å². The van der Waals surface area contributed by atoms with Gasteiger partial charge < -0.3 is 9.47 Å². The number of rotatable bonds is 5. The summed E-state index contributed by atoms with van der Waals surface area (Å²) in [6.45, 7) is 2.76. The lowest BCUT2D eigenvalue weighted by Gasteiger charge is -2.60. The van der Waals surface area contributed by atoms with Crippen molar-refractivity contribution in [2.24, 2.45) is 52.8 Å². The number of carbonyl (C=O) groups is 3. The number of alkyl halides is 2. The maximum absolute atomic E-state index is 13.7. The van der Waals surface area contributed by atoms with Gasteiger partial charge in [-0.1, -0.05) is 6.92 Å². The van der Waals surface area contributed by atoms with E-state index in [0.717, 1.165) is 11.8 Å². The van der Waals surface area contributed by atoms with Crippen molar-refractivity contribution >= 4 is 17.7 Å². The van der Waals surface area contributed by atoms with Crippen LogP contribution in [-0.4, -0.2) is 35.9 Å². The molecule has 7 rings (SSSR count). The zero-order valence-corrected chi connectivity index (χ0v) is 18.0. The molecule has 0 N–H and O–H groups in total. The molecule has 0 aromatic heterocycles. The summed E-state index contributed by atoms with van der Waals surface area (Å²) in [6, 6.07) is 0. The molecule has 0 aromatic rings. The van der Waals surface area contributed by atoms with E-state index < -0.39 is 47.8 Å². The predicted molar refractivity (Wildman–Crippen MR) is 104 cm³/mol. The Morgan fingerprint density at radius 1 is 1.06 bits per heavy atom. The number of ketones is 1. The quantitative estimate of drug-likeness (QED) is 0.614. The lowest BCUT2D eigenvalue weighted by molar-refractivity contribution is -0.185. The van der Waals surface area contributed by atoms with Crippen LogP contribution in [0.25, 0.3) is 0 Å². The van der Waals surface area contributed by atoms with Gasteiger partial charge in [-0.3, -0.25) is 9.59 Å². The Balaban J connectivity index is 1.24. The van der Waals surface area contributed by atoms with Crippen molar-refractivity contribution in [1.29, 1.82) is 0 Å². The van der Waals surface area contributed by atoms with Crippen LogP contribution < -0.4 is 0 Å². The fourth-order valence-corrected chi connectivity index (χ4v) is 8.86. The molecule has 0 radical (unpaired) electrons. The summed E-state index contributed by atoms with van der Waals surface area (Å²) in [6.07, 6.45) is 5.49. The molecule has 6 bridgehead atoms. The number of hydrogen-bond donors (Lipinski definition) is 0. The molecule has 0 amide bonds. The van der Waals surface area contributed by atoms with Gasteiger partial charge in [0.1, 0.15) is 18.0 Å². The molecule has 1 heterocycles. The first kappa shape index (κ1) is 20.1. The van der Waals surface area contributed by atoms with Gasteiger partial charge in [-0.15, -0.1) is 0 Å². The van der Waals surface area contributed by atoms with E-state index in [1.54, 1.807) is 0 Å². The van der Waals surface area contributed by atoms with E-state index >= 15 is 0 Å². The number of halogens is 2. The maximum Gasteiger partial charge on any atom is 0.377 e. The minimum Gasteiger partial charge on any atom is -0.458 e. The Bertz CT molecular complexity index is 819. The molecule has 1 aliphatic heterocycles. The van der Waals surface area contributed by atoms with Crippen molar-refractivity contribution < 1.29 is 32.6 Å². The highest BCUT2D eigenvalue weighted by atomic mass is 19.3. The molecule has 7 aliphatic rings. The molecule has 6 unspecified atom stereocenters. The van der Waals surface area contributed by atoms with E-state index in [0.29, 0.717) is 31.6 Å². The first-order chi connectivity index (χ1) is 14.6. The largest absolute Gasteiger partial charge is 0.458 e. The van der Waals surface area contributed by atoms with Gasteiger partial charge in [0, 0.05) is 31.1 Å². The molecule has 6 atom stereocenters. The summed E-state index contributed by atoms with van der Waals surface area (Å²) < 4.78 is 37.5. The Kier molecular flexibility index (Phi) is 4.08. The van der Waals surface area contributed by atoms with Crippen LogP contribution in [-0.2, 0) is 23.9 Å². The molecule has 1 saturated heterocycles. The highest BCUT2D eigenvalue weighted by Gasteiger charge is 2.70. The van der Waals surface area contributed by atoms with Gasteiger partial charge in [-0.05, 0) is 67.6 Å². The lowest BCUT2D eigenvalue weighted by atomic mass is 9.44. The first-order valence-corrected chi connectivity index (χ1v) is 11.9. The number of hydrogen-bond acceptors (Lipinski definition) is 5. The molecule has 6 saturated carbocycles. The second-order valence-corrected chi connectivity index (χ2v) is 11.7.